The SMILES string of the molecule is N#CC1=C(SCC(=O)Nc2ccc(Br)cc2)NC(=O)C[C@@H]1c1ccc(O)cc1. The first-order valence-electron chi connectivity index (χ1n) is 8.37. The highest BCUT2D eigenvalue weighted by Gasteiger charge is 2.29. The number of aromatic hydroxyl groups is 1. The van der Waals surface area contributed by atoms with Crippen molar-refractivity contribution >= 4 is 45.2 Å². The number of carbonyl (C=O) groups is 2. The summed E-state index contributed by atoms with van der Waals surface area (Å²) >= 11 is 4.46. The van der Waals surface area contributed by atoms with Crippen molar-refractivity contribution in [1.82, 2.24) is 5.32 Å². The van der Waals surface area contributed by atoms with Gasteiger partial charge in [0.05, 0.1) is 22.4 Å². The van der Waals surface area contributed by atoms with Crippen LogP contribution in [0.4, 0.5) is 5.69 Å². The molecule has 3 N–H and O–H groups in total. The normalized spacial score (nSPS) is 16.3. The molecule has 0 bridgehead atoms. The Morgan fingerprint density at radius 3 is 2.57 bits per heavy atom. The maximum atomic E-state index is 12.2. The Hall–Kier alpha value is -2.76. The van der Waals surface area contributed by atoms with Gasteiger partial charge in [0.15, 0.2) is 0 Å². The molecule has 6 nitrogen and oxygen atoms in total. The summed E-state index contributed by atoms with van der Waals surface area (Å²) in [6.07, 6.45) is 0.142. The average molecular weight is 458 g/mol. The summed E-state index contributed by atoms with van der Waals surface area (Å²) in [7, 11) is 0. The molecule has 3 rings (SSSR count). The molecule has 0 fully saturated rings. The smallest absolute Gasteiger partial charge is 0.234 e. The zero-order valence-electron chi connectivity index (χ0n) is 14.6. The van der Waals surface area contributed by atoms with Gasteiger partial charge < -0.3 is 15.7 Å². The van der Waals surface area contributed by atoms with E-state index in [4.69, 9.17) is 0 Å². The summed E-state index contributed by atoms with van der Waals surface area (Å²) in [5.74, 6) is -0.688. The number of halogens is 1. The molecule has 1 atom stereocenters. The molecule has 2 aromatic rings. The Labute approximate surface area is 174 Å². The van der Waals surface area contributed by atoms with E-state index in [1.807, 2.05) is 12.1 Å². The lowest BCUT2D eigenvalue weighted by atomic mass is 9.87. The number of benzene rings is 2. The van der Waals surface area contributed by atoms with Crippen molar-refractivity contribution < 1.29 is 14.7 Å². The van der Waals surface area contributed by atoms with Crippen LogP contribution >= 0.6 is 27.7 Å². The number of nitriles is 1. The predicted molar refractivity (Wildman–Crippen MR) is 111 cm³/mol. The number of phenolic OH excluding ortho intramolecular Hbond substituents is 1. The second-order valence-electron chi connectivity index (χ2n) is 6.09. The molecule has 2 aromatic carbocycles. The third-order valence-electron chi connectivity index (χ3n) is 4.13. The number of carbonyl (C=O) groups excluding carboxylic acids is 2. The van der Waals surface area contributed by atoms with Crippen molar-refractivity contribution in [1.29, 1.82) is 5.26 Å². The van der Waals surface area contributed by atoms with Crippen LogP contribution in [0.3, 0.4) is 0 Å². The highest BCUT2D eigenvalue weighted by molar-refractivity contribution is 9.10. The maximum Gasteiger partial charge on any atom is 0.234 e. The summed E-state index contributed by atoms with van der Waals surface area (Å²) in [5.41, 5.74) is 1.84. The molecule has 1 heterocycles. The van der Waals surface area contributed by atoms with Crippen molar-refractivity contribution in [3.63, 3.8) is 0 Å². The first kappa shape index (κ1) is 20.0. The van der Waals surface area contributed by atoms with Crippen LogP contribution in [0.5, 0.6) is 5.75 Å². The monoisotopic (exact) mass is 457 g/mol. The molecule has 0 saturated carbocycles. The minimum Gasteiger partial charge on any atom is -0.508 e. The highest BCUT2D eigenvalue weighted by atomic mass is 79.9. The van der Waals surface area contributed by atoms with Crippen molar-refractivity contribution in [3.8, 4) is 11.8 Å². The Morgan fingerprint density at radius 2 is 1.93 bits per heavy atom. The second kappa shape index (κ2) is 8.95. The number of allylic oxidation sites excluding steroid dienone is 1. The summed E-state index contributed by atoms with van der Waals surface area (Å²) in [4.78, 5) is 24.3. The lowest BCUT2D eigenvalue weighted by Crippen LogP contribution is -2.31. The third-order valence-corrected chi connectivity index (χ3v) is 5.67. The molecule has 0 aromatic heterocycles. The molecule has 0 radical (unpaired) electrons. The fourth-order valence-corrected chi connectivity index (χ4v) is 3.93. The fraction of sp³-hybridized carbons (Fsp3) is 0.150. The van der Waals surface area contributed by atoms with Crippen molar-refractivity contribution in [2.75, 3.05) is 11.1 Å². The maximum absolute atomic E-state index is 12.2. The zero-order chi connectivity index (χ0) is 20.1. The number of nitrogens with zero attached hydrogens (tertiary/aromatic N) is 1. The van der Waals surface area contributed by atoms with E-state index in [-0.39, 0.29) is 29.7 Å². The number of hydrogen-bond acceptors (Lipinski definition) is 5. The number of anilines is 1. The van der Waals surface area contributed by atoms with Gasteiger partial charge in [-0.25, -0.2) is 0 Å². The van der Waals surface area contributed by atoms with E-state index < -0.39 is 5.92 Å². The molecule has 0 spiro atoms. The fourth-order valence-electron chi connectivity index (χ4n) is 2.79. The Balaban J connectivity index is 1.73. The first-order valence-corrected chi connectivity index (χ1v) is 10.2. The molecule has 142 valence electrons. The van der Waals surface area contributed by atoms with Gasteiger partial charge >= 0.3 is 0 Å². The highest BCUT2D eigenvalue weighted by Crippen LogP contribution is 2.36. The number of nitrogens with one attached hydrogen (secondary N) is 2. The van der Waals surface area contributed by atoms with E-state index in [2.05, 4.69) is 32.6 Å². The molecule has 0 unspecified atom stereocenters. The van der Waals surface area contributed by atoms with Gasteiger partial charge in [0, 0.05) is 22.5 Å². The number of rotatable bonds is 5. The van der Waals surface area contributed by atoms with Crippen LogP contribution in [0.1, 0.15) is 17.9 Å². The van der Waals surface area contributed by atoms with Gasteiger partial charge in [0.2, 0.25) is 11.8 Å². The standard InChI is InChI=1S/C20H16BrN3O3S/c21-13-3-5-14(6-4-13)23-19(27)11-28-20-17(10-22)16(9-18(26)24-20)12-1-7-15(25)8-2-12/h1-8,16,25H,9,11H2,(H,23,27)(H,24,26)/t16-/m1/s1. The van der Waals surface area contributed by atoms with Crippen molar-refractivity contribution in [2.24, 2.45) is 0 Å². The lowest BCUT2D eigenvalue weighted by molar-refractivity contribution is -0.121. The molecule has 1 aliphatic rings. The summed E-state index contributed by atoms with van der Waals surface area (Å²) in [5, 5.41) is 25.0. The second-order valence-corrected chi connectivity index (χ2v) is 8.00. The Kier molecular flexibility index (Phi) is 6.39. The quantitative estimate of drug-likeness (QED) is 0.632. The number of amides is 2. The molecule has 8 heteroatoms. The average Bonchev–Trinajstić information content (AvgIpc) is 2.68. The summed E-state index contributed by atoms with van der Waals surface area (Å²) < 4.78 is 0.911. The number of hydrogen-bond donors (Lipinski definition) is 3. The Bertz CT molecular complexity index is 966. The largest absolute Gasteiger partial charge is 0.508 e. The van der Waals surface area contributed by atoms with E-state index in [1.54, 1.807) is 24.3 Å². The van der Waals surface area contributed by atoms with E-state index in [0.717, 1.165) is 21.8 Å². The minimum atomic E-state index is -0.406. The van der Waals surface area contributed by atoms with E-state index in [0.29, 0.717) is 16.3 Å². The van der Waals surface area contributed by atoms with E-state index >= 15 is 0 Å². The molecular weight excluding hydrogens is 442 g/mol. The molecular formula is C20H16BrN3O3S. The van der Waals surface area contributed by atoms with Gasteiger partial charge in [0.25, 0.3) is 0 Å². The molecule has 0 aliphatic carbocycles. The van der Waals surface area contributed by atoms with Crippen molar-refractivity contribution in [3.05, 3.63) is 69.2 Å². The molecule has 1 aliphatic heterocycles. The Morgan fingerprint density at radius 1 is 1.25 bits per heavy atom. The summed E-state index contributed by atoms with van der Waals surface area (Å²) in [6.45, 7) is 0. The molecule has 28 heavy (non-hydrogen) atoms. The zero-order valence-corrected chi connectivity index (χ0v) is 17.0. The van der Waals surface area contributed by atoms with Gasteiger partial charge in [0.1, 0.15) is 5.75 Å². The van der Waals surface area contributed by atoms with Crippen LogP contribution in [0.15, 0.2) is 63.6 Å². The van der Waals surface area contributed by atoms with Crippen LogP contribution in [0.25, 0.3) is 0 Å². The van der Waals surface area contributed by atoms with Gasteiger partial charge in [-0.05, 0) is 42.0 Å². The summed E-state index contributed by atoms with van der Waals surface area (Å²) in [6, 6.07) is 15.8. The molecule has 2 amide bonds. The van der Waals surface area contributed by atoms with Crippen LogP contribution in [-0.4, -0.2) is 22.7 Å². The van der Waals surface area contributed by atoms with Gasteiger partial charge in [-0.3, -0.25) is 9.59 Å². The van der Waals surface area contributed by atoms with Crippen LogP contribution in [-0.2, 0) is 9.59 Å². The van der Waals surface area contributed by atoms with Crippen LogP contribution in [0, 0.1) is 11.3 Å². The minimum absolute atomic E-state index is 0.0547. The van der Waals surface area contributed by atoms with Crippen LogP contribution in [0.2, 0.25) is 0 Å². The van der Waals surface area contributed by atoms with E-state index in [1.165, 1.54) is 12.1 Å². The first-order chi connectivity index (χ1) is 13.5. The lowest BCUT2D eigenvalue weighted by Gasteiger charge is -2.25. The van der Waals surface area contributed by atoms with Gasteiger partial charge in [-0.2, -0.15) is 5.26 Å². The van der Waals surface area contributed by atoms with Crippen molar-refractivity contribution in [2.45, 2.75) is 12.3 Å². The topological polar surface area (TPSA) is 102 Å². The number of thioether (sulfide) groups is 1. The number of phenols is 1. The van der Waals surface area contributed by atoms with Crippen LogP contribution < -0.4 is 10.6 Å². The third kappa shape index (κ3) is 4.94. The van der Waals surface area contributed by atoms with Gasteiger partial charge in [-0.1, -0.05) is 39.8 Å². The predicted octanol–water partition coefficient (Wildman–Crippen LogP) is 3.87. The molecule has 0 saturated heterocycles. The van der Waals surface area contributed by atoms with Gasteiger partial charge in [-0.15, -0.1) is 0 Å². The van der Waals surface area contributed by atoms with E-state index in [9.17, 15) is 20.0 Å².